The van der Waals surface area contributed by atoms with Crippen LogP contribution in [0.25, 0.3) is 0 Å². The van der Waals surface area contributed by atoms with Crippen molar-refractivity contribution in [2.45, 2.75) is 282 Å². The standard InChI is InChI=1S/C64H109NO10/c1-4-7-10-13-16-19-22-25-26-27-28-29-30-31-32-34-37-40-43-46-49-52-59(69)75-62-61(71)60(70)58(53-66)74-64(62)73-54-55(56(67)50-47-44-41-38-35-24-21-18-15-12-9-6-3)65-63(72)57(68)51-48-45-42-39-36-33-23-20-17-14-11-8-5-2/h7-8,10-11,16-17,19-20,25-26,28-29,31-32,47,50,55-58,60-62,64,66-68,70-71H,4-6,9,12-15,18,21-24,27,30,33-46,48-49,51-54H2,1-3H3,(H,65,72)/b10-7-,11-8+,19-16-,20-17+,26-25-,29-28-,32-31-,50-47+. The fourth-order valence-electron chi connectivity index (χ4n) is 8.77. The summed E-state index contributed by atoms with van der Waals surface area (Å²) in [5.41, 5.74) is 0. The minimum Gasteiger partial charge on any atom is -0.454 e. The van der Waals surface area contributed by atoms with E-state index in [2.05, 4.69) is 111 Å². The van der Waals surface area contributed by atoms with Gasteiger partial charge in [0.15, 0.2) is 12.4 Å². The number of carbonyl (C=O) groups excluding carboxylic acids is 2. The Hall–Kier alpha value is -3.42. The number of aliphatic hydroxyl groups excluding tert-OH is 5. The van der Waals surface area contributed by atoms with Gasteiger partial charge < -0.3 is 45.1 Å². The minimum atomic E-state index is -1.63. The maximum atomic E-state index is 13.4. The van der Waals surface area contributed by atoms with Crippen molar-refractivity contribution in [2.24, 2.45) is 0 Å². The molecule has 0 saturated carbocycles. The molecule has 75 heavy (non-hydrogen) atoms. The van der Waals surface area contributed by atoms with Crippen LogP contribution in [0.15, 0.2) is 97.2 Å². The first-order valence-electron chi connectivity index (χ1n) is 30.0. The highest BCUT2D eigenvalue weighted by molar-refractivity contribution is 5.80. The molecular weight excluding hydrogens is 943 g/mol. The Morgan fingerprint density at radius 1 is 0.533 bits per heavy atom. The van der Waals surface area contributed by atoms with Crippen molar-refractivity contribution in [1.82, 2.24) is 5.32 Å². The van der Waals surface area contributed by atoms with Gasteiger partial charge in [0.2, 0.25) is 5.91 Å². The monoisotopic (exact) mass is 1050 g/mol. The number of esters is 1. The van der Waals surface area contributed by atoms with Gasteiger partial charge in [-0.15, -0.1) is 0 Å². The number of rotatable bonds is 49. The zero-order valence-corrected chi connectivity index (χ0v) is 47.4. The van der Waals surface area contributed by atoms with Crippen molar-refractivity contribution in [2.75, 3.05) is 13.2 Å². The van der Waals surface area contributed by atoms with Crippen LogP contribution in [0.3, 0.4) is 0 Å². The first kappa shape index (κ1) is 69.6. The van der Waals surface area contributed by atoms with Crippen LogP contribution >= 0.6 is 0 Å². The average Bonchev–Trinajstić information content (AvgIpc) is 3.41. The highest BCUT2D eigenvalue weighted by Gasteiger charge is 2.47. The molecule has 1 aliphatic rings. The molecule has 0 aliphatic carbocycles. The van der Waals surface area contributed by atoms with Gasteiger partial charge in [-0.3, -0.25) is 9.59 Å². The van der Waals surface area contributed by atoms with Gasteiger partial charge in [-0.1, -0.05) is 227 Å². The van der Waals surface area contributed by atoms with Gasteiger partial charge in [-0.2, -0.15) is 0 Å². The molecular formula is C64H109NO10. The molecule has 6 N–H and O–H groups in total. The third-order valence-electron chi connectivity index (χ3n) is 13.5. The third kappa shape index (κ3) is 39.6. The van der Waals surface area contributed by atoms with Gasteiger partial charge in [0, 0.05) is 6.42 Å². The second kappa shape index (κ2) is 51.3. The molecule has 0 radical (unpaired) electrons. The quantitative estimate of drug-likeness (QED) is 0.0195. The summed E-state index contributed by atoms with van der Waals surface area (Å²) >= 11 is 0. The van der Waals surface area contributed by atoms with Crippen molar-refractivity contribution in [3.8, 4) is 0 Å². The summed E-state index contributed by atoms with van der Waals surface area (Å²) in [5, 5.41) is 56.9. The van der Waals surface area contributed by atoms with E-state index in [0.29, 0.717) is 12.8 Å². The van der Waals surface area contributed by atoms with E-state index >= 15 is 0 Å². The van der Waals surface area contributed by atoms with Crippen LogP contribution in [0.5, 0.6) is 0 Å². The molecule has 0 aromatic heterocycles. The Kier molecular flexibility index (Phi) is 47.6. The number of unbranched alkanes of at least 4 members (excludes halogenated alkanes) is 21. The van der Waals surface area contributed by atoms with E-state index in [-0.39, 0.29) is 19.4 Å². The Balaban J connectivity index is 2.70. The first-order chi connectivity index (χ1) is 36.7. The average molecular weight is 1050 g/mol. The van der Waals surface area contributed by atoms with Gasteiger partial charge in [0.25, 0.3) is 0 Å². The predicted molar refractivity (Wildman–Crippen MR) is 310 cm³/mol. The minimum absolute atomic E-state index is 0.0956. The van der Waals surface area contributed by atoms with E-state index in [1.165, 1.54) is 51.4 Å². The van der Waals surface area contributed by atoms with Crippen LogP contribution < -0.4 is 5.32 Å². The summed E-state index contributed by atoms with van der Waals surface area (Å²) in [6, 6.07) is -1.04. The molecule has 1 aliphatic heterocycles. The Morgan fingerprint density at radius 3 is 1.44 bits per heavy atom. The smallest absolute Gasteiger partial charge is 0.306 e. The number of nitrogens with one attached hydrogen (secondary N) is 1. The van der Waals surface area contributed by atoms with E-state index in [1.54, 1.807) is 6.08 Å². The van der Waals surface area contributed by atoms with Crippen molar-refractivity contribution < 1.29 is 49.3 Å². The maximum Gasteiger partial charge on any atom is 0.306 e. The van der Waals surface area contributed by atoms with Crippen LogP contribution in [-0.2, 0) is 23.8 Å². The van der Waals surface area contributed by atoms with Crippen molar-refractivity contribution in [3.63, 3.8) is 0 Å². The number of hydrogen-bond acceptors (Lipinski definition) is 10. The zero-order valence-electron chi connectivity index (χ0n) is 47.4. The second-order valence-electron chi connectivity index (χ2n) is 20.3. The molecule has 0 spiro atoms. The van der Waals surface area contributed by atoms with Gasteiger partial charge in [0.05, 0.1) is 25.4 Å². The highest BCUT2D eigenvalue weighted by atomic mass is 16.7. The second-order valence-corrected chi connectivity index (χ2v) is 20.3. The Labute approximate surface area is 456 Å². The van der Waals surface area contributed by atoms with E-state index in [0.717, 1.165) is 135 Å². The number of amides is 1. The lowest BCUT2D eigenvalue weighted by Crippen LogP contribution is -2.61. The van der Waals surface area contributed by atoms with Crippen LogP contribution in [0.4, 0.5) is 0 Å². The molecule has 1 saturated heterocycles. The molecule has 11 heteroatoms. The first-order valence-corrected chi connectivity index (χ1v) is 30.0. The molecule has 8 atom stereocenters. The lowest BCUT2D eigenvalue weighted by atomic mass is 9.99. The topological polar surface area (TPSA) is 175 Å². The molecule has 0 aromatic carbocycles. The third-order valence-corrected chi connectivity index (χ3v) is 13.5. The van der Waals surface area contributed by atoms with E-state index < -0.39 is 67.4 Å². The summed E-state index contributed by atoms with van der Waals surface area (Å²) in [5.74, 6) is -1.23. The van der Waals surface area contributed by atoms with Gasteiger partial charge in [-0.25, -0.2) is 0 Å². The zero-order chi connectivity index (χ0) is 54.7. The summed E-state index contributed by atoms with van der Waals surface area (Å²) in [6.45, 7) is 5.53. The summed E-state index contributed by atoms with van der Waals surface area (Å²) in [7, 11) is 0. The molecule has 0 bridgehead atoms. The SMILES string of the molecule is CC/C=C\C/C=C\C/C=C\C/C=C\C/C=C\CCCCCCCC(=O)OC1C(OCC(NC(=O)C(O)CCCCCCCC/C=C/C/C=C/CC)C(O)/C=C/CCCCCCCCCCCC)OC(CO)C(O)C1O. The van der Waals surface area contributed by atoms with Crippen molar-refractivity contribution in [3.05, 3.63) is 97.2 Å². The van der Waals surface area contributed by atoms with Gasteiger partial charge in [-0.05, 0) is 96.3 Å². The molecule has 11 nitrogen and oxygen atoms in total. The molecule has 8 unspecified atom stereocenters. The summed E-state index contributed by atoms with van der Waals surface area (Å²) < 4.78 is 17.6. The number of ether oxygens (including phenoxy) is 3. The number of carbonyl (C=O) groups is 2. The van der Waals surface area contributed by atoms with E-state index in [9.17, 15) is 35.1 Å². The number of allylic oxidation sites excluding steroid dienone is 15. The lowest BCUT2D eigenvalue weighted by Gasteiger charge is -2.41. The highest BCUT2D eigenvalue weighted by Crippen LogP contribution is 2.26. The van der Waals surface area contributed by atoms with Crippen LogP contribution in [0.2, 0.25) is 0 Å². The van der Waals surface area contributed by atoms with E-state index in [1.807, 2.05) is 6.08 Å². The predicted octanol–water partition coefficient (Wildman–Crippen LogP) is 13.9. The number of aliphatic hydroxyl groups is 5. The fraction of sp³-hybridized carbons (Fsp3) is 0.719. The van der Waals surface area contributed by atoms with Crippen molar-refractivity contribution >= 4 is 11.9 Å². The summed E-state index contributed by atoms with van der Waals surface area (Å²) in [4.78, 5) is 26.5. The van der Waals surface area contributed by atoms with Gasteiger partial charge >= 0.3 is 5.97 Å². The molecule has 430 valence electrons. The fourth-order valence-corrected chi connectivity index (χ4v) is 8.77. The van der Waals surface area contributed by atoms with Gasteiger partial charge in [0.1, 0.15) is 24.4 Å². The van der Waals surface area contributed by atoms with E-state index in [4.69, 9.17) is 14.2 Å². The molecule has 1 fully saturated rings. The number of hydrogen-bond donors (Lipinski definition) is 6. The molecule has 0 aromatic rings. The Bertz CT molecular complexity index is 1580. The van der Waals surface area contributed by atoms with Crippen molar-refractivity contribution in [1.29, 1.82) is 0 Å². The molecule has 1 amide bonds. The van der Waals surface area contributed by atoms with Crippen LogP contribution in [0, 0.1) is 0 Å². The summed E-state index contributed by atoms with van der Waals surface area (Å²) in [6.07, 6.45) is 57.3. The van der Waals surface area contributed by atoms with Crippen LogP contribution in [0.1, 0.15) is 233 Å². The largest absolute Gasteiger partial charge is 0.454 e. The van der Waals surface area contributed by atoms with Crippen LogP contribution in [-0.4, -0.2) is 99.6 Å². The normalized spacial score (nSPS) is 19.9. The molecule has 1 rings (SSSR count). The Morgan fingerprint density at radius 2 is 0.960 bits per heavy atom. The maximum absolute atomic E-state index is 13.4. The molecule has 1 heterocycles. The lowest BCUT2D eigenvalue weighted by molar-refractivity contribution is -0.305.